The molecule has 1 aromatic carbocycles. The molecule has 6 heteroatoms. The molecule has 3 aromatic rings. The molecule has 2 heterocycles. The second-order valence-corrected chi connectivity index (χ2v) is 6.08. The van der Waals surface area contributed by atoms with Crippen LogP contribution < -0.4 is 5.73 Å². The zero-order chi connectivity index (χ0) is 16.0. The van der Waals surface area contributed by atoms with Crippen molar-refractivity contribution >= 4 is 16.9 Å². The Labute approximate surface area is 133 Å². The number of nitrogens with two attached hydrogens (primary N) is 1. The Hall–Kier alpha value is -2.60. The molecule has 1 aliphatic rings. The van der Waals surface area contributed by atoms with Crippen molar-refractivity contribution in [3.05, 3.63) is 36.8 Å². The first-order valence-electron chi connectivity index (χ1n) is 7.72. The summed E-state index contributed by atoms with van der Waals surface area (Å²) in [6.07, 6.45) is 5.63. The van der Waals surface area contributed by atoms with Gasteiger partial charge in [0, 0.05) is 17.8 Å². The summed E-state index contributed by atoms with van der Waals surface area (Å²) in [5.74, 6) is 0.626. The number of nitrogens with zero attached hydrogens (tertiary/aromatic N) is 3. The van der Waals surface area contributed by atoms with Crippen LogP contribution >= 0.6 is 0 Å². The lowest BCUT2D eigenvalue weighted by atomic mass is 10.1. The van der Waals surface area contributed by atoms with Gasteiger partial charge >= 0.3 is 0 Å². The van der Waals surface area contributed by atoms with E-state index >= 15 is 0 Å². The van der Waals surface area contributed by atoms with Crippen molar-refractivity contribution in [2.24, 2.45) is 0 Å². The van der Waals surface area contributed by atoms with Crippen LogP contribution in [0, 0.1) is 0 Å². The number of fused-ring (bicyclic) bond motifs is 1. The lowest BCUT2D eigenvalue weighted by molar-refractivity contribution is 0.178. The Morgan fingerprint density at radius 2 is 2.09 bits per heavy atom. The van der Waals surface area contributed by atoms with Crippen LogP contribution in [0.3, 0.4) is 0 Å². The number of aromatic nitrogens is 3. The second-order valence-electron chi connectivity index (χ2n) is 6.08. The maximum absolute atomic E-state index is 9.84. The van der Waals surface area contributed by atoms with Gasteiger partial charge in [-0.25, -0.2) is 9.97 Å². The topological polar surface area (TPSA) is 97.2 Å². The zero-order valence-corrected chi connectivity index (χ0v) is 12.6. The summed E-state index contributed by atoms with van der Waals surface area (Å²) in [7, 11) is 0. The number of benzene rings is 1. The number of aliphatic hydroxyl groups excluding tert-OH is 1. The van der Waals surface area contributed by atoms with Gasteiger partial charge in [-0.1, -0.05) is 12.1 Å². The SMILES string of the molecule is Nc1ncnc2c1c(-c1cccc(O)c1)cn2C1CCC(O)C1. The lowest BCUT2D eigenvalue weighted by Crippen LogP contribution is -2.07. The number of aromatic hydroxyl groups is 1. The molecule has 0 saturated heterocycles. The van der Waals surface area contributed by atoms with Gasteiger partial charge in [-0.15, -0.1) is 0 Å². The molecule has 1 fully saturated rings. The molecule has 0 amide bonds. The first-order chi connectivity index (χ1) is 11.1. The number of anilines is 1. The first kappa shape index (κ1) is 14.0. The van der Waals surface area contributed by atoms with Gasteiger partial charge in [0.25, 0.3) is 0 Å². The quantitative estimate of drug-likeness (QED) is 0.675. The molecule has 2 atom stereocenters. The number of rotatable bonds is 2. The average molecular weight is 310 g/mol. The average Bonchev–Trinajstić information content (AvgIpc) is 3.12. The van der Waals surface area contributed by atoms with Crippen LogP contribution in [0.4, 0.5) is 5.82 Å². The van der Waals surface area contributed by atoms with Crippen molar-refractivity contribution in [3.8, 4) is 16.9 Å². The van der Waals surface area contributed by atoms with Crippen molar-refractivity contribution in [3.63, 3.8) is 0 Å². The van der Waals surface area contributed by atoms with Crippen molar-refractivity contribution in [2.75, 3.05) is 5.73 Å². The van der Waals surface area contributed by atoms with Crippen molar-refractivity contribution in [2.45, 2.75) is 31.4 Å². The molecule has 4 rings (SSSR count). The van der Waals surface area contributed by atoms with Gasteiger partial charge in [0.1, 0.15) is 23.5 Å². The maximum atomic E-state index is 9.84. The van der Waals surface area contributed by atoms with Crippen molar-refractivity contribution in [1.29, 1.82) is 0 Å². The molecular weight excluding hydrogens is 292 g/mol. The van der Waals surface area contributed by atoms with E-state index in [1.165, 1.54) is 6.33 Å². The summed E-state index contributed by atoms with van der Waals surface area (Å²) in [6.45, 7) is 0. The molecule has 23 heavy (non-hydrogen) atoms. The van der Waals surface area contributed by atoms with Crippen LogP contribution in [0.25, 0.3) is 22.2 Å². The van der Waals surface area contributed by atoms with Gasteiger partial charge in [-0.3, -0.25) is 0 Å². The molecular formula is C17H18N4O2. The molecule has 1 saturated carbocycles. The first-order valence-corrected chi connectivity index (χ1v) is 7.72. The highest BCUT2D eigenvalue weighted by Gasteiger charge is 2.27. The molecule has 4 N–H and O–H groups in total. The second kappa shape index (κ2) is 5.24. The highest BCUT2D eigenvalue weighted by molar-refractivity contribution is 6.00. The Bertz CT molecular complexity index is 874. The van der Waals surface area contributed by atoms with Crippen LogP contribution in [-0.2, 0) is 0 Å². The van der Waals surface area contributed by atoms with E-state index in [4.69, 9.17) is 5.73 Å². The molecule has 2 unspecified atom stereocenters. The molecule has 0 radical (unpaired) electrons. The van der Waals surface area contributed by atoms with Crippen LogP contribution in [0.1, 0.15) is 25.3 Å². The highest BCUT2D eigenvalue weighted by Crippen LogP contribution is 2.39. The van der Waals surface area contributed by atoms with E-state index in [9.17, 15) is 10.2 Å². The summed E-state index contributed by atoms with van der Waals surface area (Å²) < 4.78 is 2.09. The van der Waals surface area contributed by atoms with E-state index in [-0.39, 0.29) is 17.9 Å². The van der Waals surface area contributed by atoms with Gasteiger partial charge in [-0.05, 0) is 37.0 Å². The normalized spacial score (nSPS) is 21.1. The smallest absolute Gasteiger partial charge is 0.146 e. The Morgan fingerprint density at radius 3 is 2.83 bits per heavy atom. The number of phenols is 1. The Kier molecular flexibility index (Phi) is 3.20. The highest BCUT2D eigenvalue weighted by atomic mass is 16.3. The van der Waals surface area contributed by atoms with Crippen LogP contribution in [-0.4, -0.2) is 30.9 Å². The number of hydrogen-bond acceptors (Lipinski definition) is 5. The molecule has 118 valence electrons. The predicted molar refractivity (Wildman–Crippen MR) is 87.9 cm³/mol. The summed E-state index contributed by atoms with van der Waals surface area (Å²) in [5, 5.41) is 20.4. The van der Waals surface area contributed by atoms with Crippen LogP contribution in [0.5, 0.6) is 5.75 Å². The third-order valence-corrected chi connectivity index (χ3v) is 4.57. The van der Waals surface area contributed by atoms with E-state index in [2.05, 4.69) is 14.5 Å². The zero-order valence-electron chi connectivity index (χ0n) is 12.6. The van der Waals surface area contributed by atoms with Crippen molar-refractivity contribution < 1.29 is 10.2 Å². The van der Waals surface area contributed by atoms with E-state index in [0.29, 0.717) is 12.2 Å². The fourth-order valence-electron chi connectivity index (χ4n) is 3.47. The molecule has 0 bridgehead atoms. The van der Waals surface area contributed by atoms with E-state index in [0.717, 1.165) is 35.0 Å². The Morgan fingerprint density at radius 1 is 1.22 bits per heavy atom. The standard InChI is InChI=1S/C17H18N4O2/c18-16-15-14(10-2-1-3-12(22)6-10)8-21(17(15)20-9-19-16)11-4-5-13(23)7-11/h1-3,6,8-9,11,13,22-23H,4-5,7H2,(H2,18,19,20). The fraction of sp³-hybridized carbons (Fsp3) is 0.294. The van der Waals surface area contributed by atoms with Gasteiger partial charge in [0.2, 0.25) is 0 Å². The van der Waals surface area contributed by atoms with Crippen LogP contribution in [0.2, 0.25) is 0 Å². The molecule has 1 aliphatic carbocycles. The number of phenolic OH excluding ortho intramolecular Hbond substituents is 1. The van der Waals surface area contributed by atoms with Gasteiger partial charge < -0.3 is 20.5 Å². The maximum Gasteiger partial charge on any atom is 0.146 e. The largest absolute Gasteiger partial charge is 0.508 e. The van der Waals surface area contributed by atoms with Gasteiger partial charge in [-0.2, -0.15) is 0 Å². The number of aliphatic hydroxyl groups is 1. The van der Waals surface area contributed by atoms with E-state index < -0.39 is 0 Å². The monoisotopic (exact) mass is 310 g/mol. The summed E-state index contributed by atoms with van der Waals surface area (Å²) in [6, 6.07) is 7.26. The minimum absolute atomic E-state index is 0.202. The lowest BCUT2D eigenvalue weighted by Gasteiger charge is -2.12. The Balaban J connectivity index is 1.94. The van der Waals surface area contributed by atoms with Gasteiger partial charge in [0.05, 0.1) is 11.5 Å². The molecule has 0 spiro atoms. The predicted octanol–water partition coefficient (Wildman–Crippen LogP) is 2.47. The minimum Gasteiger partial charge on any atom is -0.508 e. The van der Waals surface area contributed by atoms with Gasteiger partial charge in [0.15, 0.2) is 0 Å². The fourth-order valence-corrected chi connectivity index (χ4v) is 3.47. The summed E-state index contributed by atoms with van der Waals surface area (Å²) in [4.78, 5) is 8.52. The number of hydrogen-bond donors (Lipinski definition) is 3. The molecule has 6 nitrogen and oxygen atoms in total. The number of nitrogen functional groups attached to an aromatic ring is 1. The minimum atomic E-state index is -0.263. The third-order valence-electron chi connectivity index (χ3n) is 4.57. The summed E-state index contributed by atoms with van der Waals surface area (Å²) in [5.41, 5.74) is 8.64. The molecule has 0 aliphatic heterocycles. The molecule has 2 aromatic heterocycles. The third kappa shape index (κ3) is 2.31. The van der Waals surface area contributed by atoms with Crippen molar-refractivity contribution in [1.82, 2.24) is 14.5 Å². The van der Waals surface area contributed by atoms with E-state index in [1.807, 2.05) is 12.3 Å². The van der Waals surface area contributed by atoms with E-state index in [1.54, 1.807) is 18.2 Å². The summed E-state index contributed by atoms with van der Waals surface area (Å²) >= 11 is 0. The van der Waals surface area contributed by atoms with Crippen LogP contribution in [0.15, 0.2) is 36.8 Å².